The van der Waals surface area contributed by atoms with Crippen molar-refractivity contribution in [2.45, 2.75) is 6.92 Å². The summed E-state index contributed by atoms with van der Waals surface area (Å²) in [5, 5.41) is 2.35. The molecular formula is C10H18N2O. The molecular weight excluding hydrogens is 164 g/mol. The van der Waals surface area contributed by atoms with Gasteiger partial charge in [0.1, 0.15) is 0 Å². The zero-order chi connectivity index (χ0) is 10.7. The number of likely N-dealkylation sites (N-methyl/N-ethyl adjacent to an activating group) is 1. The number of allylic oxidation sites excluding steroid dienone is 4. The van der Waals surface area contributed by atoms with Crippen LogP contribution in [0.5, 0.6) is 0 Å². The van der Waals surface area contributed by atoms with Gasteiger partial charge in [0.15, 0.2) is 0 Å². The Morgan fingerprint density at radius 3 is 2.15 bits per heavy atom. The molecule has 0 radical (unpaired) electrons. The van der Waals surface area contributed by atoms with Crippen LogP contribution in [0.3, 0.4) is 0 Å². The lowest BCUT2D eigenvalue weighted by atomic mass is 10.3. The van der Waals surface area contributed by atoms with Gasteiger partial charge in [0.25, 0.3) is 0 Å². The van der Waals surface area contributed by atoms with Gasteiger partial charge in [-0.3, -0.25) is 4.79 Å². The van der Waals surface area contributed by atoms with Crippen molar-refractivity contribution in [1.82, 2.24) is 5.32 Å². The van der Waals surface area contributed by atoms with E-state index in [1.807, 2.05) is 13.0 Å². The summed E-state index contributed by atoms with van der Waals surface area (Å²) in [4.78, 5) is 9.94. The Morgan fingerprint density at radius 1 is 1.54 bits per heavy atom. The Balaban J connectivity index is 0. The van der Waals surface area contributed by atoms with Crippen LogP contribution in [-0.2, 0) is 4.79 Å². The second kappa shape index (κ2) is 10.7. The summed E-state index contributed by atoms with van der Waals surface area (Å²) in [6.45, 7) is 9.15. The highest BCUT2D eigenvalue weighted by Gasteiger charge is 1.84. The molecule has 0 saturated heterocycles. The van der Waals surface area contributed by atoms with E-state index in [4.69, 9.17) is 5.73 Å². The highest BCUT2D eigenvalue weighted by molar-refractivity contribution is 5.77. The van der Waals surface area contributed by atoms with Gasteiger partial charge in [-0.25, -0.2) is 0 Å². The first-order chi connectivity index (χ1) is 6.12. The smallest absolute Gasteiger partial charge is 0.233 e. The fourth-order valence-corrected chi connectivity index (χ4v) is 0.356. The van der Waals surface area contributed by atoms with E-state index in [0.717, 1.165) is 5.57 Å². The SMILES string of the molecule is C=C/C=C(/C)C=C.CNC(=O)CN. The quantitative estimate of drug-likeness (QED) is 0.640. The van der Waals surface area contributed by atoms with Gasteiger partial charge in [-0.2, -0.15) is 0 Å². The molecule has 0 rings (SSSR count). The van der Waals surface area contributed by atoms with Crippen molar-refractivity contribution in [1.29, 1.82) is 0 Å². The number of nitrogens with one attached hydrogen (secondary N) is 1. The van der Waals surface area contributed by atoms with Crippen molar-refractivity contribution < 1.29 is 4.79 Å². The lowest BCUT2D eigenvalue weighted by Gasteiger charge is -1.87. The van der Waals surface area contributed by atoms with Crippen molar-refractivity contribution in [3.8, 4) is 0 Å². The maximum Gasteiger partial charge on any atom is 0.233 e. The van der Waals surface area contributed by atoms with E-state index in [2.05, 4.69) is 18.5 Å². The third-order valence-corrected chi connectivity index (χ3v) is 1.17. The molecule has 0 aromatic rings. The van der Waals surface area contributed by atoms with Crippen LogP contribution < -0.4 is 11.1 Å². The molecule has 1 amide bonds. The highest BCUT2D eigenvalue weighted by atomic mass is 16.1. The van der Waals surface area contributed by atoms with Gasteiger partial charge < -0.3 is 11.1 Å². The van der Waals surface area contributed by atoms with Gasteiger partial charge in [-0.05, 0) is 6.92 Å². The molecule has 0 heterocycles. The van der Waals surface area contributed by atoms with Crippen LogP contribution in [0.1, 0.15) is 6.92 Å². The van der Waals surface area contributed by atoms with Crippen LogP contribution >= 0.6 is 0 Å². The number of nitrogens with two attached hydrogens (primary N) is 1. The number of hydrogen-bond acceptors (Lipinski definition) is 2. The van der Waals surface area contributed by atoms with Gasteiger partial charge in [0, 0.05) is 7.05 Å². The Bertz CT molecular complexity index is 189. The molecule has 0 bridgehead atoms. The van der Waals surface area contributed by atoms with Gasteiger partial charge in [-0.15, -0.1) is 0 Å². The summed E-state index contributed by atoms with van der Waals surface area (Å²) in [5.74, 6) is -0.130. The van der Waals surface area contributed by atoms with E-state index in [9.17, 15) is 4.79 Å². The Morgan fingerprint density at radius 2 is 2.08 bits per heavy atom. The molecule has 0 spiro atoms. The molecule has 0 aliphatic heterocycles. The second-order valence-corrected chi connectivity index (χ2v) is 2.23. The van der Waals surface area contributed by atoms with Gasteiger partial charge in [0.05, 0.1) is 6.54 Å². The summed E-state index contributed by atoms with van der Waals surface area (Å²) in [6, 6.07) is 0. The molecule has 0 fully saturated rings. The molecule has 0 aromatic carbocycles. The van der Waals surface area contributed by atoms with E-state index in [1.165, 1.54) is 0 Å². The predicted octanol–water partition coefficient (Wildman–Crippen LogP) is 0.996. The lowest BCUT2D eigenvalue weighted by molar-refractivity contribution is -0.119. The zero-order valence-corrected chi connectivity index (χ0v) is 8.34. The minimum absolute atomic E-state index is 0.0799. The van der Waals surface area contributed by atoms with Gasteiger partial charge in [0.2, 0.25) is 5.91 Å². The monoisotopic (exact) mass is 182 g/mol. The largest absolute Gasteiger partial charge is 0.358 e. The molecule has 0 unspecified atom stereocenters. The van der Waals surface area contributed by atoms with Crippen molar-refractivity contribution in [3.05, 3.63) is 37.0 Å². The van der Waals surface area contributed by atoms with Gasteiger partial charge in [-0.1, -0.05) is 37.0 Å². The van der Waals surface area contributed by atoms with Crippen molar-refractivity contribution in [3.63, 3.8) is 0 Å². The second-order valence-electron chi connectivity index (χ2n) is 2.23. The van der Waals surface area contributed by atoms with E-state index in [0.29, 0.717) is 0 Å². The molecule has 74 valence electrons. The van der Waals surface area contributed by atoms with Crippen LogP contribution in [0.2, 0.25) is 0 Å². The number of carbonyl (C=O) groups is 1. The van der Waals surface area contributed by atoms with Crippen molar-refractivity contribution in [2.24, 2.45) is 5.73 Å². The minimum atomic E-state index is -0.130. The first-order valence-electron chi connectivity index (χ1n) is 3.94. The summed E-state index contributed by atoms with van der Waals surface area (Å²) in [6.07, 6.45) is 5.45. The fourth-order valence-electron chi connectivity index (χ4n) is 0.356. The number of rotatable bonds is 3. The fraction of sp³-hybridized carbons (Fsp3) is 0.300. The Labute approximate surface area is 80.0 Å². The standard InChI is InChI=1S/C7H10.C3H8N2O/c1-4-6-7(3)5-2;1-5-3(6)2-4/h4-6H,1-2H2,3H3;2,4H2,1H3,(H,5,6)/b7-6-;. The molecule has 0 aromatic heterocycles. The summed E-state index contributed by atoms with van der Waals surface area (Å²) in [5.41, 5.74) is 6.02. The third-order valence-electron chi connectivity index (χ3n) is 1.17. The third kappa shape index (κ3) is 13.6. The average molecular weight is 182 g/mol. The predicted molar refractivity (Wildman–Crippen MR) is 57.3 cm³/mol. The average Bonchev–Trinajstić information content (AvgIpc) is 2.18. The van der Waals surface area contributed by atoms with Crippen molar-refractivity contribution in [2.75, 3.05) is 13.6 Å². The van der Waals surface area contributed by atoms with Crippen LogP contribution in [0, 0.1) is 0 Å². The zero-order valence-electron chi connectivity index (χ0n) is 8.34. The molecule has 0 aliphatic carbocycles. The first kappa shape index (κ1) is 14.2. The normalized spacial score (nSPS) is 9.31. The molecule has 3 N–H and O–H groups in total. The van der Waals surface area contributed by atoms with E-state index < -0.39 is 0 Å². The minimum Gasteiger partial charge on any atom is -0.358 e. The lowest BCUT2D eigenvalue weighted by Crippen LogP contribution is -2.26. The summed E-state index contributed by atoms with van der Waals surface area (Å²) in [7, 11) is 1.55. The molecule has 3 nitrogen and oxygen atoms in total. The van der Waals surface area contributed by atoms with E-state index in [-0.39, 0.29) is 12.5 Å². The van der Waals surface area contributed by atoms with E-state index in [1.54, 1.807) is 19.2 Å². The van der Waals surface area contributed by atoms with E-state index >= 15 is 0 Å². The molecule has 0 aliphatic rings. The summed E-state index contributed by atoms with van der Waals surface area (Å²) < 4.78 is 0. The van der Waals surface area contributed by atoms with Crippen LogP contribution in [-0.4, -0.2) is 19.5 Å². The van der Waals surface area contributed by atoms with Crippen LogP contribution in [0.4, 0.5) is 0 Å². The Kier molecular flexibility index (Phi) is 11.6. The van der Waals surface area contributed by atoms with Crippen molar-refractivity contribution >= 4 is 5.91 Å². The maximum atomic E-state index is 9.94. The highest BCUT2D eigenvalue weighted by Crippen LogP contribution is 1.90. The van der Waals surface area contributed by atoms with Crippen LogP contribution in [0.25, 0.3) is 0 Å². The Hall–Kier alpha value is -1.35. The number of carbonyl (C=O) groups excluding carboxylic acids is 1. The molecule has 0 saturated carbocycles. The molecule has 3 heteroatoms. The molecule has 0 atom stereocenters. The first-order valence-corrected chi connectivity index (χ1v) is 3.94. The van der Waals surface area contributed by atoms with Crippen LogP contribution in [0.15, 0.2) is 37.0 Å². The molecule has 13 heavy (non-hydrogen) atoms. The maximum absolute atomic E-state index is 9.94. The topological polar surface area (TPSA) is 55.1 Å². The van der Waals surface area contributed by atoms with Gasteiger partial charge >= 0.3 is 0 Å². The number of hydrogen-bond donors (Lipinski definition) is 2. The summed E-state index contributed by atoms with van der Waals surface area (Å²) >= 11 is 0. The number of amides is 1.